The summed E-state index contributed by atoms with van der Waals surface area (Å²) in [6.07, 6.45) is 0. The first-order valence-corrected chi connectivity index (χ1v) is 3.86. The highest BCUT2D eigenvalue weighted by atomic mass is 16.3. The van der Waals surface area contributed by atoms with Crippen molar-refractivity contribution in [2.75, 3.05) is 0 Å². The Hall–Kier alpha value is -1.84. The number of fused-ring (bicyclic) bond motifs is 1. The minimum absolute atomic E-state index is 0.171. The number of nitrogens with one attached hydrogen (secondary N) is 1. The van der Waals surface area contributed by atoms with Gasteiger partial charge in [0, 0.05) is 11.1 Å². The van der Waals surface area contributed by atoms with Gasteiger partial charge in [-0.2, -0.15) is 4.98 Å². The number of aryl methyl sites for hydroxylation is 1. The van der Waals surface area contributed by atoms with Gasteiger partial charge in [0.25, 0.3) is 0 Å². The highest BCUT2D eigenvalue weighted by Crippen LogP contribution is 2.18. The normalized spacial score (nSPS) is 10.5. The summed E-state index contributed by atoms with van der Waals surface area (Å²) in [4.78, 5) is 17.3. The smallest absolute Gasteiger partial charge is 0.345 e. The quantitative estimate of drug-likeness (QED) is 0.627. The average molecular weight is 176 g/mol. The summed E-state index contributed by atoms with van der Waals surface area (Å²) >= 11 is 0. The van der Waals surface area contributed by atoms with Gasteiger partial charge in [-0.05, 0) is 25.1 Å². The van der Waals surface area contributed by atoms with E-state index < -0.39 is 0 Å². The highest BCUT2D eigenvalue weighted by molar-refractivity contribution is 5.81. The molecule has 0 radical (unpaired) electrons. The van der Waals surface area contributed by atoms with Crippen molar-refractivity contribution >= 4 is 10.9 Å². The number of nitrogens with zero attached hydrogens (tertiary/aromatic N) is 1. The van der Waals surface area contributed by atoms with E-state index >= 15 is 0 Å². The third-order valence-corrected chi connectivity index (χ3v) is 1.90. The van der Waals surface area contributed by atoms with Crippen molar-refractivity contribution in [3.8, 4) is 5.75 Å². The van der Waals surface area contributed by atoms with E-state index in [-0.39, 0.29) is 11.4 Å². The molecule has 0 bridgehead atoms. The molecule has 0 aliphatic carbocycles. The van der Waals surface area contributed by atoms with Crippen LogP contribution in [0.2, 0.25) is 0 Å². The molecule has 1 heterocycles. The summed E-state index contributed by atoms with van der Waals surface area (Å²) in [5.74, 6) is 0.171. The maximum Gasteiger partial charge on any atom is 0.345 e. The van der Waals surface area contributed by atoms with E-state index in [1.165, 1.54) is 6.07 Å². The monoisotopic (exact) mass is 176 g/mol. The molecule has 1 aromatic carbocycles. The first-order valence-electron chi connectivity index (χ1n) is 3.86. The molecule has 13 heavy (non-hydrogen) atoms. The molecule has 0 amide bonds. The lowest BCUT2D eigenvalue weighted by molar-refractivity contribution is 0.476. The van der Waals surface area contributed by atoms with E-state index in [0.29, 0.717) is 11.2 Å². The number of hydrogen-bond acceptors (Lipinski definition) is 3. The van der Waals surface area contributed by atoms with Gasteiger partial charge in [0.05, 0.1) is 5.52 Å². The molecule has 0 saturated heterocycles. The van der Waals surface area contributed by atoms with E-state index in [1.54, 1.807) is 19.1 Å². The van der Waals surface area contributed by atoms with Gasteiger partial charge in [0.2, 0.25) is 0 Å². The Morgan fingerprint density at radius 3 is 3.00 bits per heavy atom. The Kier molecular flexibility index (Phi) is 1.55. The van der Waals surface area contributed by atoms with E-state index in [2.05, 4.69) is 9.97 Å². The second-order valence-electron chi connectivity index (χ2n) is 2.87. The standard InChI is InChI=1S/C9H8N2O2/c1-5-7-4-6(12)2-3-8(7)11-9(13)10-5/h2-4,12H,1H3,(H,10,11,13). The van der Waals surface area contributed by atoms with Crippen LogP contribution in [-0.4, -0.2) is 15.1 Å². The number of aromatic hydroxyl groups is 1. The predicted octanol–water partition coefficient (Wildman–Crippen LogP) is 0.937. The topological polar surface area (TPSA) is 66.0 Å². The number of aromatic nitrogens is 2. The van der Waals surface area contributed by atoms with Crippen molar-refractivity contribution in [1.29, 1.82) is 0 Å². The van der Waals surface area contributed by atoms with E-state index in [9.17, 15) is 9.90 Å². The molecule has 2 rings (SSSR count). The predicted molar refractivity (Wildman–Crippen MR) is 48.8 cm³/mol. The van der Waals surface area contributed by atoms with Crippen LogP contribution in [0.1, 0.15) is 5.69 Å². The van der Waals surface area contributed by atoms with Gasteiger partial charge < -0.3 is 10.1 Å². The van der Waals surface area contributed by atoms with Crippen molar-refractivity contribution in [1.82, 2.24) is 9.97 Å². The second-order valence-corrected chi connectivity index (χ2v) is 2.87. The van der Waals surface area contributed by atoms with E-state index in [0.717, 1.165) is 5.39 Å². The molecule has 0 atom stereocenters. The summed E-state index contributed by atoms with van der Waals surface area (Å²) < 4.78 is 0. The second kappa shape index (κ2) is 2.58. The van der Waals surface area contributed by atoms with Gasteiger partial charge in [-0.3, -0.25) is 0 Å². The Balaban J connectivity index is 2.95. The first-order chi connectivity index (χ1) is 6.16. The zero-order valence-electron chi connectivity index (χ0n) is 7.03. The average Bonchev–Trinajstić information content (AvgIpc) is 2.06. The maximum absolute atomic E-state index is 11.0. The lowest BCUT2D eigenvalue weighted by atomic mass is 10.2. The van der Waals surface area contributed by atoms with Gasteiger partial charge in [0.1, 0.15) is 5.75 Å². The van der Waals surface area contributed by atoms with Crippen LogP contribution in [0.15, 0.2) is 23.0 Å². The van der Waals surface area contributed by atoms with E-state index in [1.807, 2.05) is 0 Å². The molecule has 2 aromatic rings. The molecule has 66 valence electrons. The minimum atomic E-state index is -0.365. The molecule has 2 N–H and O–H groups in total. The molecule has 0 spiro atoms. The van der Waals surface area contributed by atoms with Crippen LogP contribution >= 0.6 is 0 Å². The molecular weight excluding hydrogens is 168 g/mol. The maximum atomic E-state index is 11.0. The van der Waals surface area contributed by atoms with Crippen LogP contribution in [0.4, 0.5) is 0 Å². The molecule has 0 aliphatic rings. The molecule has 1 aromatic heterocycles. The summed E-state index contributed by atoms with van der Waals surface area (Å²) in [6, 6.07) is 4.70. The van der Waals surface area contributed by atoms with Crippen molar-refractivity contribution in [3.05, 3.63) is 34.4 Å². The molecule has 0 aliphatic heterocycles. The lowest BCUT2D eigenvalue weighted by Gasteiger charge is -2.00. The van der Waals surface area contributed by atoms with Gasteiger partial charge in [0.15, 0.2) is 0 Å². The Morgan fingerprint density at radius 1 is 1.46 bits per heavy atom. The number of hydrogen-bond donors (Lipinski definition) is 2. The molecule has 4 heteroatoms. The summed E-state index contributed by atoms with van der Waals surface area (Å²) in [6.45, 7) is 1.77. The van der Waals surface area contributed by atoms with Gasteiger partial charge in [-0.1, -0.05) is 0 Å². The third-order valence-electron chi connectivity index (χ3n) is 1.90. The SMILES string of the molecule is Cc1[nH]c(=O)nc2ccc(O)cc12. The van der Waals surface area contributed by atoms with Crippen LogP contribution in [0.3, 0.4) is 0 Å². The number of rotatable bonds is 0. The zero-order chi connectivity index (χ0) is 9.42. The number of benzene rings is 1. The van der Waals surface area contributed by atoms with Crippen LogP contribution < -0.4 is 5.69 Å². The number of aromatic amines is 1. The lowest BCUT2D eigenvalue weighted by Crippen LogP contribution is -2.11. The molecule has 0 saturated carbocycles. The largest absolute Gasteiger partial charge is 0.508 e. The van der Waals surface area contributed by atoms with Crippen LogP contribution in [-0.2, 0) is 0 Å². The number of phenols is 1. The van der Waals surface area contributed by atoms with Crippen molar-refractivity contribution in [2.24, 2.45) is 0 Å². The zero-order valence-corrected chi connectivity index (χ0v) is 7.03. The highest BCUT2D eigenvalue weighted by Gasteiger charge is 2.00. The fourth-order valence-corrected chi connectivity index (χ4v) is 1.29. The third kappa shape index (κ3) is 1.26. The Morgan fingerprint density at radius 2 is 2.23 bits per heavy atom. The van der Waals surface area contributed by atoms with Gasteiger partial charge in [-0.25, -0.2) is 4.79 Å². The van der Waals surface area contributed by atoms with Gasteiger partial charge in [-0.15, -0.1) is 0 Å². The van der Waals surface area contributed by atoms with Crippen molar-refractivity contribution < 1.29 is 5.11 Å². The van der Waals surface area contributed by atoms with Crippen LogP contribution in [0.25, 0.3) is 10.9 Å². The molecule has 0 fully saturated rings. The fraction of sp³-hybridized carbons (Fsp3) is 0.111. The van der Waals surface area contributed by atoms with Crippen LogP contribution in [0, 0.1) is 6.92 Å². The summed E-state index contributed by atoms with van der Waals surface area (Å²) in [5.41, 5.74) is 0.945. The van der Waals surface area contributed by atoms with Crippen molar-refractivity contribution in [3.63, 3.8) is 0 Å². The Bertz CT molecular complexity index is 516. The molecule has 0 unspecified atom stereocenters. The minimum Gasteiger partial charge on any atom is -0.508 e. The molecular formula is C9H8N2O2. The van der Waals surface area contributed by atoms with Crippen molar-refractivity contribution in [2.45, 2.75) is 6.92 Å². The number of phenolic OH excluding ortho intramolecular Hbond substituents is 1. The first kappa shape index (κ1) is 7.79. The van der Waals surface area contributed by atoms with E-state index in [4.69, 9.17) is 0 Å². The Labute approximate surface area is 73.9 Å². The number of H-pyrrole nitrogens is 1. The summed E-state index contributed by atoms with van der Waals surface area (Å²) in [5, 5.41) is 9.97. The molecule has 4 nitrogen and oxygen atoms in total. The summed E-state index contributed by atoms with van der Waals surface area (Å²) in [7, 11) is 0. The van der Waals surface area contributed by atoms with Crippen LogP contribution in [0.5, 0.6) is 5.75 Å². The van der Waals surface area contributed by atoms with Gasteiger partial charge >= 0.3 is 5.69 Å². The fourth-order valence-electron chi connectivity index (χ4n) is 1.29.